The first-order chi connectivity index (χ1) is 10.2. The molecule has 0 amide bonds. The zero-order valence-electron chi connectivity index (χ0n) is 13.1. The van der Waals surface area contributed by atoms with Crippen molar-refractivity contribution in [1.82, 2.24) is 4.90 Å². The molecule has 2 rings (SSSR count). The molecule has 1 atom stereocenters. The van der Waals surface area contributed by atoms with Crippen LogP contribution in [0.25, 0.3) is 0 Å². The molecule has 124 valence electrons. The van der Waals surface area contributed by atoms with Gasteiger partial charge in [0.05, 0.1) is 19.8 Å². The van der Waals surface area contributed by atoms with Crippen molar-refractivity contribution in [2.45, 2.75) is 31.8 Å². The van der Waals surface area contributed by atoms with Gasteiger partial charge in [-0.25, -0.2) is 0 Å². The van der Waals surface area contributed by atoms with Crippen molar-refractivity contribution >= 4 is 29.9 Å². The molecule has 1 aromatic rings. The molecule has 0 radical (unpaired) electrons. The number of methoxy groups -OCH3 is 1. The highest BCUT2D eigenvalue weighted by Crippen LogP contribution is 2.18. The second kappa shape index (κ2) is 9.89. The number of nitrogens with zero attached hydrogens (tertiary/aromatic N) is 2. The van der Waals surface area contributed by atoms with Crippen LogP contribution < -0.4 is 10.5 Å². The summed E-state index contributed by atoms with van der Waals surface area (Å²) in [7, 11) is 1.62. The lowest BCUT2D eigenvalue weighted by Gasteiger charge is -2.21. The Morgan fingerprint density at radius 1 is 1.23 bits per heavy atom. The van der Waals surface area contributed by atoms with Crippen molar-refractivity contribution in [3.63, 3.8) is 0 Å². The molecular formula is C16H26IN3O2. The van der Waals surface area contributed by atoms with Gasteiger partial charge in [0, 0.05) is 13.1 Å². The van der Waals surface area contributed by atoms with Crippen LogP contribution in [0, 0.1) is 0 Å². The summed E-state index contributed by atoms with van der Waals surface area (Å²) in [6.45, 7) is 2.22. The van der Waals surface area contributed by atoms with Crippen molar-refractivity contribution in [3.8, 4) is 5.75 Å². The van der Waals surface area contributed by atoms with Gasteiger partial charge >= 0.3 is 0 Å². The third kappa shape index (κ3) is 5.64. The van der Waals surface area contributed by atoms with Crippen LogP contribution in [0.15, 0.2) is 29.3 Å². The van der Waals surface area contributed by atoms with Crippen molar-refractivity contribution in [1.29, 1.82) is 0 Å². The smallest absolute Gasteiger partial charge is 0.191 e. The second-order valence-corrected chi connectivity index (χ2v) is 5.39. The molecule has 0 aromatic heterocycles. The minimum Gasteiger partial charge on any atom is -0.497 e. The van der Waals surface area contributed by atoms with Gasteiger partial charge in [0.1, 0.15) is 5.75 Å². The van der Waals surface area contributed by atoms with Crippen LogP contribution in [-0.4, -0.2) is 42.7 Å². The number of hydrogen-bond acceptors (Lipinski definition) is 3. The zero-order chi connectivity index (χ0) is 15.1. The molecule has 1 aromatic carbocycles. The quantitative estimate of drug-likeness (QED) is 0.447. The number of likely N-dealkylation sites (tertiary alicyclic amines) is 1. The lowest BCUT2D eigenvalue weighted by atomic mass is 10.1. The van der Waals surface area contributed by atoms with Crippen LogP contribution in [0.1, 0.15) is 37.4 Å². The first-order valence-corrected chi connectivity index (χ1v) is 7.57. The number of benzene rings is 1. The average molecular weight is 419 g/mol. The first-order valence-electron chi connectivity index (χ1n) is 7.57. The second-order valence-electron chi connectivity index (χ2n) is 5.39. The van der Waals surface area contributed by atoms with Crippen LogP contribution >= 0.6 is 24.0 Å². The first kappa shape index (κ1) is 19.0. The molecule has 1 aliphatic rings. The Balaban J connectivity index is 0.00000242. The fourth-order valence-corrected chi connectivity index (χ4v) is 2.51. The Morgan fingerprint density at radius 2 is 1.82 bits per heavy atom. The van der Waals surface area contributed by atoms with E-state index in [4.69, 9.17) is 10.5 Å². The van der Waals surface area contributed by atoms with Crippen LogP contribution in [0.3, 0.4) is 0 Å². The van der Waals surface area contributed by atoms with E-state index in [2.05, 4.69) is 9.89 Å². The Labute approximate surface area is 149 Å². The minimum atomic E-state index is -0.638. The Kier molecular flexibility index (Phi) is 8.55. The summed E-state index contributed by atoms with van der Waals surface area (Å²) in [5.41, 5.74) is 6.86. The number of hydrogen-bond donors (Lipinski definition) is 2. The van der Waals surface area contributed by atoms with E-state index in [0.29, 0.717) is 5.96 Å². The van der Waals surface area contributed by atoms with Gasteiger partial charge in [0.15, 0.2) is 5.96 Å². The highest BCUT2D eigenvalue weighted by atomic mass is 127. The Bertz CT molecular complexity index is 457. The number of rotatable bonds is 4. The monoisotopic (exact) mass is 419 g/mol. The van der Waals surface area contributed by atoms with E-state index < -0.39 is 6.10 Å². The fourth-order valence-electron chi connectivity index (χ4n) is 2.51. The van der Waals surface area contributed by atoms with E-state index in [9.17, 15) is 5.11 Å². The highest BCUT2D eigenvalue weighted by molar-refractivity contribution is 14.0. The predicted octanol–water partition coefficient (Wildman–Crippen LogP) is 2.54. The van der Waals surface area contributed by atoms with Crippen molar-refractivity contribution < 1.29 is 9.84 Å². The van der Waals surface area contributed by atoms with E-state index in [0.717, 1.165) is 37.2 Å². The van der Waals surface area contributed by atoms with E-state index in [1.807, 2.05) is 24.3 Å². The molecule has 1 fully saturated rings. The van der Waals surface area contributed by atoms with Crippen molar-refractivity contribution in [2.75, 3.05) is 26.7 Å². The summed E-state index contributed by atoms with van der Waals surface area (Å²) in [5.74, 6) is 1.32. The molecule has 0 saturated carbocycles. The lowest BCUT2D eigenvalue weighted by Crippen LogP contribution is -2.38. The molecule has 1 aliphatic heterocycles. The third-order valence-corrected chi connectivity index (χ3v) is 3.86. The zero-order valence-corrected chi connectivity index (χ0v) is 15.4. The van der Waals surface area contributed by atoms with E-state index >= 15 is 0 Å². The summed E-state index contributed by atoms with van der Waals surface area (Å²) < 4.78 is 5.10. The van der Waals surface area contributed by atoms with Gasteiger partial charge in [-0.15, -0.1) is 24.0 Å². The van der Waals surface area contributed by atoms with Crippen LogP contribution in [0.5, 0.6) is 5.75 Å². The van der Waals surface area contributed by atoms with Gasteiger partial charge < -0.3 is 20.5 Å². The lowest BCUT2D eigenvalue weighted by molar-refractivity contribution is 0.186. The Hall–Kier alpha value is -1.02. The standard InChI is InChI=1S/C16H25N3O2.HI/c1-21-14-8-6-13(7-9-14)15(20)12-18-16(17)19-10-4-2-3-5-11-19;/h6-9,15,20H,2-5,10-12H2,1H3,(H2,17,18);1H. The van der Waals surface area contributed by atoms with E-state index in [1.54, 1.807) is 7.11 Å². The number of nitrogens with two attached hydrogens (primary N) is 1. The fraction of sp³-hybridized carbons (Fsp3) is 0.562. The molecule has 0 aliphatic carbocycles. The van der Waals surface area contributed by atoms with Crippen LogP contribution in [-0.2, 0) is 0 Å². The molecule has 22 heavy (non-hydrogen) atoms. The number of aliphatic imine (C=N–C) groups is 1. The summed E-state index contributed by atoms with van der Waals surface area (Å²) in [5, 5.41) is 10.2. The molecule has 1 unspecified atom stereocenters. The maximum absolute atomic E-state index is 10.2. The number of aliphatic hydroxyl groups excluding tert-OH is 1. The normalized spacial score (nSPS) is 17.4. The van der Waals surface area contributed by atoms with Gasteiger partial charge in [-0.3, -0.25) is 4.99 Å². The number of guanidine groups is 1. The Morgan fingerprint density at radius 3 is 2.36 bits per heavy atom. The topological polar surface area (TPSA) is 71.1 Å². The van der Waals surface area contributed by atoms with Gasteiger partial charge in [0.25, 0.3) is 0 Å². The molecule has 0 spiro atoms. The van der Waals surface area contributed by atoms with Crippen molar-refractivity contribution in [2.24, 2.45) is 10.7 Å². The maximum Gasteiger partial charge on any atom is 0.191 e. The molecule has 6 heteroatoms. The summed E-state index contributed by atoms with van der Waals surface area (Å²) in [6.07, 6.45) is 4.21. The summed E-state index contributed by atoms with van der Waals surface area (Å²) >= 11 is 0. The molecule has 5 nitrogen and oxygen atoms in total. The minimum absolute atomic E-state index is 0. The average Bonchev–Trinajstić information content (AvgIpc) is 2.81. The summed E-state index contributed by atoms with van der Waals surface area (Å²) in [6, 6.07) is 7.36. The SMILES string of the molecule is COc1ccc(C(O)CN=C(N)N2CCCCCC2)cc1.I. The van der Waals surface area contributed by atoms with Crippen LogP contribution in [0.4, 0.5) is 0 Å². The predicted molar refractivity (Wildman–Crippen MR) is 99.9 cm³/mol. The van der Waals surface area contributed by atoms with Gasteiger partial charge in [-0.05, 0) is 30.5 Å². The van der Waals surface area contributed by atoms with Crippen LogP contribution in [0.2, 0.25) is 0 Å². The molecule has 1 saturated heterocycles. The molecule has 1 heterocycles. The number of ether oxygens (including phenoxy) is 1. The van der Waals surface area contributed by atoms with E-state index in [1.165, 1.54) is 12.8 Å². The maximum atomic E-state index is 10.2. The largest absolute Gasteiger partial charge is 0.497 e. The molecule has 0 bridgehead atoms. The summed E-state index contributed by atoms with van der Waals surface area (Å²) in [4.78, 5) is 6.47. The number of aliphatic hydroxyl groups is 1. The van der Waals surface area contributed by atoms with Crippen molar-refractivity contribution in [3.05, 3.63) is 29.8 Å². The highest BCUT2D eigenvalue weighted by Gasteiger charge is 2.12. The third-order valence-electron chi connectivity index (χ3n) is 3.86. The number of halogens is 1. The van der Waals surface area contributed by atoms with E-state index in [-0.39, 0.29) is 30.5 Å². The van der Waals surface area contributed by atoms with Gasteiger partial charge in [0.2, 0.25) is 0 Å². The van der Waals surface area contributed by atoms with Gasteiger partial charge in [-0.1, -0.05) is 25.0 Å². The molecule has 3 N–H and O–H groups in total. The molecular weight excluding hydrogens is 393 g/mol. The van der Waals surface area contributed by atoms with Gasteiger partial charge in [-0.2, -0.15) is 0 Å².